The van der Waals surface area contributed by atoms with Crippen molar-refractivity contribution in [1.29, 1.82) is 0 Å². The number of morpholine rings is 1. The predicted molar refractivity (Wildman–Crippen MR) is 92.0 cm³/mol. The maximum atomic E-state index is 12.5. The Morgan fingerprint density at radius 3 is 2.75 bits per heavy atom. The fraction of sp³-hybridized carbons (Fsp3) is 0.556. The van der Waals surface area contributed by atoms with Crippen molar-refractivity contribution in [2.45, 2.75) is 19.3 Å². The molecular formula is C18H25N3O3. The highest BCUT2D eigenvalue weighted by Gasteiger charge is 2.23. The number of hydrogen-bond acceptors (Lipinski definition) is 4. The largest absolute Gasteiger partial charge is 0.379 e. The van der Waals surface area contributed by atoms with E-state index in [1.165, 1.54) is 5.56 Å². The fourth-order valence-electron chi connectivity index (χ4n) is 3.27. The Morgan fingerprint density at radius 2 is 1.92 bits per heavy atom. The molecule has 2 aliphatic rings. The van der Waals surface area contributed by atoms with Gasteiger partial charge in [0.2, 0.25) is 11.8 Å². The first-order valence-corrected chi connectivity index (χ1v) is 8.69. The molecule has 0 radical (unpaired) electrons. The minimum absolute atomic E-state index is 0.0859. The molecule has 2 aliphatic heterocycles. The number of anilines is 1. The lowest BCUT2D eigenvalue weighted by molar-refractivity contribution is -0.128. The lowest BCUT2D eigenvalue weighted by Crippen LogP contribution is -2.43. The highest BCUT2D eigenvalue weighted by atomic mass is 16.5. The Kier molecular flexibility index (Phi) is 5.82. The van der Waals surface area contributed by atoms with Gasteiger partial charge in [-0.3, -0.25) is 14.5 Å². The maximum Gasteiger partial charge on any atom is 0.236 e. The van der Waals surface area contributed by atoms with Crippen molar-refractivity contribution >= 4 is 17.5 Å². The number of carbonyl (C=O) groups is 2. The lowest BCUT2D eigenvalue weighted by atomic mass is 10.0. The molecule has 0 atom stereocenters. The summed E-state index contributed by atoms with van der Waals surface area (Å²) in [6.07, 6.45) is 1.85. The zero-order valence-electron chi connectivity index (χ0n) is 14.0. The molecule has 0 aliphatic carbocycles. The van der Waals surface area contributed by atoms with E-state index in [0.717, 1.165) is 51.4 Å². The van der Waals surface area contributed by atoms with Gasteiger partial charge in [0, 0.05) is 38.4 Å². The van der Waals surface area contributed by atoms with Crippen molar-refractivity contribution in [3.63, 3.8) is 0 Å². The van der Waals surface area contributed by atoms with Crippen molar-refractivity contribution in [3.05, 3.63) is 29.8 Å². The highest BCUT2D eigenvalue weighted by Crippen LogP contribution is 2.27. The van der Waals surface area contributed by atoms with E-state index in [0.29, 0.717) is 13.1 Å². The van der Waals surface area contributed by atoms with E-state index >= 15 is 0 Å². The Bertz CT molecular complexity index is 585. The van der Waals surface area contributed by atoms with E-state index in [2.05, 4.69) is 16.3 Å². The zero-order valence-corrected chi connectivity index (χ0v) is 14.0. The number of fused-ring (bicyclic) bond motifs is 1. The topological polar surface area (TPSA) is 61.9 Å². The number of amides is 2. The van der Waals surface area contributed by atoms with Crippen LogP contribution in [0.25, 0.3) is 0 Å². The van der Waals surface area contributed by atoms with Gasteiger partial charge in [-0.05, 0) is 24.5 Å². The number of hydrogen-bond donors (Lipinski definition) is 1. The second kappa shape index (κ2) is 8.26. The summed E-state index contributed by atoms with van der Waals surface area (Å²) in [7, 11) is 0. The molecule has 1 N–H and O–H groups in total. The molecule has 2 amide bonds. The molecular weight excluding hydrogens is 306 g/mol. The van der Waals surface area contributed by atoms with Crippen LogP contribution in [0.3, 0.4) is 0 Å². The molecule has 2 heterocycles. The van der Waals surface area contributed by atoms with Crippen molar-refractivity contribution < 1.29 is 14.3 Å². The first kappa shape index (κ1) is 16.9. The normalized spacial score (nSPS) is 18.1. The summed E-state index contributed by atoms with van der Waals surface area (Å²) in [4.78, 5) is 28.5. The van der Waals surface area contributed by atoms with Crippen LogP contribution in [0.4, 0.5) is 5.69 Å². The maximum absolute atomic E-state index is 12.5. The molecule has 1 saturated heterocycles. The second-order valence-corrected chi connectivity index (χ2v) is 6.26. The molecule has 3 rings (SSSR count). The number of carbonyl (C=O) groups excluding carboxylic acids is 2. The molecule has 0 aromatic heterocycles. The van der Waals surface area contributed by atoms with Crippen molar-refractivity contribution in [3.8, 4) is 0 Å². The summed E-state index contributed by atoms with van der Waals surface area (Å²) in [5.74, 6) is -0.317. The van der Waals surface area contributed by atoms with Crippen LogP contribution < -0.4 is 10.2 Å². The van der Waals surface area contributed by atoms with Crippen LogP contribution in [-0.2, 0) is 20.7 Å². The number of aryl methyl sites for hydroxylation is 1. The third-order valence-corrected chi connectivity index (χ3v) is 4.58. The van der Waals surface area contributed by atoms with Gasteiger partial charge in [-0.15, -0.1) is 0 Å². The molecule has 0 unspecified atom stereocenters. The van der Waals surface area contributed by atoms with E-state index in [-0.39, 0.29) is 18.2 Å². The summed E-state index contributed by atoms with van der Waals surface area (Å²) in [6.45, 7) is 5.37. The third-order valence-electron chi connectivity index (χ3n) is 4.58. The predicted octanol–water partition coefficient (Wildman–Crippen LogP) is 0.804. The quantitative estimate of drug-likeness (QED) is 0.811. The van der Waals surface area contributed by atoms with Gasteiger partial charge in [-0.2, -0.15) is 0 Å². The van der Waals surface area contributed by atoms with Crippen LogP contribution in [0.2, 0.25) is 0 Å². The number of para-hydroxylation sites is 1. The Morgan fingerprint density at radius 1 is 1.12 bits per heavy atom. The first-order chi connectivity index (χ1) is 11.7. The average molecular weight is 331 g/mol. The standard InChI is InChI=1S/C18H25N3O3/c22-17(19-7-9-20-10-12-24-13-11-20)14-18(23)21-8-3-5-15-4-1-2-6-16(15)21/h1-2,4,6H,3,5,7-14H2,(H,19,22). The number of nitrogens with one attached hydrogen (secondary N) is 1. The molecule has 0 spiro atoms. The fourth-order valence-corrected chi connectivity index (χ4v) is 3.27. The van der Waals surface area contributed by atoms with Crippen LogP contribution in [0.15, 0.2) is 24.3 Å². The van der Waals surface area contributed by atoms with Gasteiger partial charge >= 0.3 is 0 Å². The molecule has 1 fully saturated rings. The molecule has 0 saturated carbocycles. The monoisotopic (exact) mass is 331 g/mol. The minimum atomic E-state index is -0.198. The van der Waals surface area contributed by atoms with Crippen molar-refractivity contribution in [2.24, 2.45) is 0 Å². The van der Waals surface area contributed by atoms with Gasteiger partial charge in [0.1, 0.15) is 6.42 Å². The number of rotatable bonds is 5. The van der Waals surface area contributed by atoms with Crippen LogP contribution in [0, 0.1) is 0 Å². The van der Waals surface area contributed by atoms with Crippen LogP contribution in [0.1, 0.15) is 18.4 Å². The number of ether oxygens (including phenoxy) is 1. The van der Waals surface area contributed by atoms with Gasteiger partial charge in [0.25, 0.3) is 0 Å². The van der Waals surface area contributed by atoms with Crippen molar-refractivity contribution in [2.75, 3.05) is 50.8 Å². The SMILES string of the molecule is O=C(CC(=O)N1CCCc2ccccc21)NCCN1CCOCC1. The van der Waals surface area contributed by atoms with Gasteiger partial charge in [0.15, 0.2) is 0 Å². The van der Waals surface area contributed by atoms with Crippen LogP contribution in [-0.4, -0.2) is 62.7 Å². The van der Waals surface area contributed by atoms with Crippen LogP contribution in [0.5, 0.6) is 0 Å². The minimum Gasteiger partial charge on any atom is -0.379 e. The number of benzene rings is 1. The zero-order chi connectivity index (χ0) is 16.8. The highest BCUT2D eigenvalue weighted by molar-refractivity contribution is 6.05. The van der Waals surface area contributed by atoms with E-state index in [1.54, 1.807) is 4.90 Å². The Balaban J connectivity index is 1.45. The second-order valence-electron chi connectivity index (χ2n) is 6.26. The molecule has 24 heavy (non-hydrogen) atoms. The van der Waals surface area contributed by atoms with Gasteiger partial charge in [0.05, 0.1) is 13.2 Å². The van der Waals surface area contributed by atoms with E-state index in [1.807, 2.05) is 18.2 Å². The Labute approximate surface area is 142 Å². The average Bonchev–Trinajstić information content (AvgIpc) is 2.62. The Hall–Kier alpha value is -1.92. The number of nitrogens with zero attached hydrogens (tertiary/aromatic N) is 2. The molecule has 130 valence electrons. The summed E-state index contributed by atoms with van der Waals surface area (Å²) in [5.41, 5.74) is 2.14. The van der Waals surface area contributed by atoms with E-state index in [4.69, 9.17) is 4.74 Å². The molecule has 6 heteroatoms. The molecule has 1 aromatic rings. The molecule has 1 aromatic carbocycles. The first-order valence-electron chi connectivity index (χ1n) is 8.69. The molecule has 0 bridgehead atoms. The van der Waals surface area contributed by atoms with E-state index in [9.17, 15) is 9.59 Å². The van der Waals surface area contributed by atoms with Gasteiger partial charge < -0.3 is 15.0 Å². The molecule has 6 nitrogen and oxygen atoms in total. The lowest BCUT2D eigenvalue weighted by Gasteiger charge is -2.29. The summed E-state index contributed by atoms with van der Waals surface area (Å²) >= 11 is 0. The van der Waals surface area contributed by atoms with Gasteiger partial charge in [-0.1, -0.05) is 18.2 Å². The summed E-state index contributed by atoms with van der Waals surface area (Å²) in [5, 5.41) is 2.86. The van der Waals surface area contributed by atoms with E-state index < -0.39 is 0 Å². The summed E-state index contributed by atoms with van der Waals surface area (Å²) in [6, 6.07) is 7.94. The summed E-state index contributed by atoms with van der Waals surface area (Å²) < 4.78 is 5.30. The van der Waals surface area contributed by atoms with Crippen LogP contribution >= 0.6 is 0 Å². The van der Waals surface area contributed by atoms with Gasteiger partial charge in [-0.25, -0.2) is 0 Å². The van der Waals surface area contributed by atoms with Crippen molar-refractivity contribution in [1.82, 2.24) is 10.2 Å². The smallest absolute Gasteiger partial charge is 0.236 e. The third kappa shape index (κ3) is 4.33.